The molecule has 1 aromatic rings. The summed E-state index contributed by atoms with van der Waals surface area (Å²) in [5, 5.41) is 4.24. The molecule has 2 unspecified atom stereocenters. The number of halogens is 2. The van der Waals surface area contributed by atoms with Gasteiger partial charge >= 0.3 is 0 Å². The Morgan fingerprint density at radius 2 is 1.96 bits per heavy atom. The summed E-state index contributed by atoms with van der Waals surface area (Å²) < 4.78 is 5.59. The molecule has 0 aromatic heterocycles. The van der Waals surface area contributed by atoms with E-state index in [1.807, 2.05) is 0 Å². The molecule has 2 aliphatic carbocycles. The van der Waals surface area contributed by atoms with Gasteiger partial charge in [0.05, 0.1) is 18.1 Å². The summed E-state index contributed by atoms with van der Waals surface area (Å²) in [5.41, 5.74) is 6.13. The van der Waals surface area contributed by atoms with E-state index in [0.29, 0.717) is 46.7 Å². The molecule has 2 bridgehead atoms. The van der Waals surface area contributed by atoms with Crippen LogP contribution < -0.4 is 15.8 Å². The molecule has 4 nitrogen and oxygen atoms in total. The number of nitrogens with one attached hydrogen (secondary N) is 1. The summed E-state index contributed by atoms with van der Waals surface area (Å²) in [6.45, 7) is 0.300. The molecule has 0 spiro atoms. The Bertz CT molecular complexity index is 582. The highest BCUT2D eigenvalue weighted by atomic mass is 35.5. The zero-order valence-corrected chi connectivity index (χ0v) is 15.2. The summed E-state index contributed by atoms with van der Waals surface area (Å²) in [5.74, 6) is 1.65. The molecular weight excluding hydrogens is 347 g/mol. The molecule has 2 aliphatic rings. The van der Waals surface area contributed by atoms with Gasteiger partial charge in [0, 0.05) is 17.1 Å². The van der Waals surface area contributed by atoms with Gasteiger partial charge in [0.25, 0.3) is 0 Å². The third kappa shape index (κ3) is 4.35. The molecule has 0 radical (unpaired) electrons. The summed E-state index contributed by atoms with van der Waals surface area (Å²) in [4.78, 5) is 12.3. The number of carbonyl (C=O) groups is 1. The minimum atomic E-state index is 0.0393. The number of amides is 1. The lowest BCUT2D eigenvalue weighted by molar-refractivity contribution is -0.123. The predicted molar refractivity (Wildman–Crippen MR) is 96.5 cm³/mol. The molecular formula is C18H24Cl2N2O2. The van der Waals surface area contributed by atoms with Crippen LogP contribution in [0.15, 0.2) is 18.2 Å². The molecule has 1 aromatic carbocycles. The van der Waals surface area contributed by atoms with Crippen LogP contribution in [0, 0.1) is 11.8 Å². The Morgan fingerprint density at radius 1 is 1.25 bits per heavy atom. The molecule has 6 heteroatoms. The second kappa shape index (κ2) is 7.94. The van der Waals surface area contributed by atoms with Crippen molar-refractivity contribution >= 4 is 29.1 Å². The van der Waals surface area contributed by atoms with Crippen molar-refractivity contribution in [3.63, 3.8) is 0 Å². The number of carbonyl (C=O) groups excluding carboxylic acids is 1. The largest absolute Gasteiger partial charge is 0.491 e. The van der Waals surface area contributed by atoms with Crippen LogP contribution in [0.4, 0.5) is 0 Å². The zero-order valence-electron chi connectivity index (χ0n) is 13.6. The van der Waals surface area contributed by atoms with E-state index in [4.69, 9.17) is 33.7 Å². The van der Waals surface area contributed by atoms with Crippen LogP contribution in [0.2, 0.25) is 10.0 Å². The monoisotopic (exact) mass is 370 g/mol. The Hall–Kier alpha value is -0.970. The molecule has 0 saturated heterocycles. The number of rotatable bonds is 5. The topological polar surface area (TPSA) is 64.3 Å². The lowest BCUT2D eigenvalue weighted by atomic mass is 9.67. The van der Waals surface area contributed by atoms with Crippen molar-refractivity contribution in [3.8, 4) is 5.75 Å². The van der Waals surface area contributed by atoms with Gasteiger partial charge in [-0.1, -0.05) is 29.6 Å². The molecule has 1 amide bonds. The molecule has 2 saturated carbocycles. The standard InChI is InChI=1S/C18H24Cl2N2O2/c19-13-4-5-16(15(20)10-13)24-7-6-17(23)22-18-11-2-1-3-12(18)9-14(21)8-11/h4-5,10-12,14,18H,1-3,6-9,21H2,(H,22,23). The van der Waals surface area contributed by atoms with E-state index in [2.05, 4.69) is 5.32 Å². The van der Waals surface area contributed by atoms with E-state index in [1.165, 1.54) is 19.3 Å². The van der Waals surface area contributed by atoms with Gasteiger partial charge in [-0.05, 0) is 55.7 Å². The molecule has 0 aliphatic heterocycles. The van der Waals surface area contributed by atoms with Crippen molar-refractivity contribution in [2.75, 3.05) is 6.61 Å². The first-order valence-electron chi connectivity index (χ1n) is 8.65. The lowest BCUT2D eigenvalue weighted by Crippen LogP contribution is -2.53. The number of hydrogen-bond donors (Lipinski definition) is 2. The first-order chi connectivity index (χ1) is 11.5. The first kappa shape index (κ1) is 17.8. The van der Waals surface area contributed by atoms with Crippen molar-refractivity contribution in [1.82, 2.24) is 5.32 Å². The van der Waals surface area contributed by atoms with Crippen LogP contribution in [0.1, 0.15) is 38.5 Å². The van der Waals surface area contributed by atoms with Gasteiger partial charge in [0.2, 0.25) is 5.91 Å². The number of benzene rings is 1. The molecule has 3 N–H and O–H groups in total. The quantitative estimate of drug-likeness (QED) is 0.828. The van der Waals surface area contributed by atoms with Gasteiger partial charge < -0.3 is 15.8 Å². The van der Waals surface area contributed by atoms with Gasteiger partial charge in [0.1, 0.15) is 5.75 Å². The molecule has 132 valence electrons. The predicted octanol–water partition coefficient (Wildman–Crippen LogP) is 3.78. The number of fused-ring (bicyclic) bond motifs is 2. The maximum absolute atomic E-state index is 12.3. The van der Waals surface area contributed by atoms with E-state index in [9.17, 15) is 4.79 Å². The fourth-order valence-electron chi connectivity index (χ4n) is 4.13. The minimum absolute atomic E-state index is 0.0393. The lowest BCUT2D eigenvalue weighted by Gasteiger charge is -2.45. The molecule has 2 atom stereocenters. The maximum atomic E-state index is 12.3. The number of nitrogens with two attached hydrogens (primary N) is 1. The third-order valence-electron chi connectivity index (χ3n) is 5.18. The fraction of sp³-hybridized carbons (Fsp3) is 0.611. The van der Waals surface area contributed by atoms with Gasteiger partial charge in [-0.2, -0.15) is 0 Å². The van der Waals surface area contributed by atoms with Crippen molar-refractivity contribution in [2.24, 2.45) is 17.6 Å². The van der Waals surface area contributed by atoms with Crippen molar-refractivity contribution in [1.29, 1.82) is 0 Å². The number of ether oxygens (including phenoxy) is 1. The highest BCUT2D eigenvalue weighted by molar-refractivity contribution is 6.35. The van der Waals surface area contributed by atoms with Crippen LogP contribution in [-0.4, -0.2) is 24.6 Å². The zero-order chi connectivity index (χ0) is 17.1. The van der Waals surface area contributed by atoms with Gasteiger partial charge in [0.15, 0.2) is 0 Å². The Labute approximate surface area is 153 Å². The first-order valence-corrected chi connectivity index (χ1v) is 9.41. The normalized spacial score (nSPS) is 29.1. The van der Waals surface area contributed by atoms with Crippen molar-refractivity contribution in [2.45, 2.75) is 50.6 Å². The molecule has 2 fully saturated rings. The summed E-state index contributed by atoms with van der Waals surface area (Å²) in [6, 6.07) is 5.64. The summed E-state index contributed by atoms with van der Waals surface area (Å²) in [6.07, 6.45) is 5.97. The van der Waals surface area contributed by atoms with E-state index in [0.717, 1.165) is 12.8 Å². The second-order valence-corrected chi connectivity index (χ2v) is 7.79. The smallest absolute Gasteiger partial charge is 0.223 e. The van der Waals surface area contributed by atoms with Gasteiger partial charge in [-0.3, -0.25) is 4.79 Å². The van der Waals surface area contributed by atoms with E-state index in [-0.39, 0.29) is 11.9 Å². The Morgan fingerprint density at radius 3 is 2.62 bits per heavy atom. The van der Waals surface area contributed by atoms with Crippen molar-refractivity contribution < 1.29 is 9.53 Å². The average Bonchev–Trinajstić information content (AvgIpc) is 2.50. The molecule has 0 heterocycles. The van der Waals surface area contributed by atoms with Gasteiger partial charge in [-0.15, -0.1) is 0 Å². The van der Waals surface area contributed by atoms with Crippen LogP contribution in [0.3, 0.4) is 0 Å². The van der Waals surface area contributed by atoms with E-state index < -0.39 is 0 Å². The Kier molecular flexibility index (Phi) is 5.90. The highest BCUT2D eigenvalue weighted by Gasteiger charge is 2.39. The van der Waals surface area contributed by atoms with Crippen LogP contribution >= 0.6 is 23.2 Å². The third-order valence-corrected chi connectivity index (χ3v) is 5.72. The average molecular weight is 371 g/mol. The van der Waals surface area contributed by atoms with Crippen LogP contribution in [0.5, 0.6) is 5.75 Å². The van der Waals surface area contributed by atoms with Crippen LogP contribution in [0.25, 0.3) is 0 Å². The van der Waals surface area contributed by atoms with E-state index >= 15 is 0 Å². The van der Waals surface area contributed by atoms with Crippen molar-refractivity contribution in [3.05, 3.63) is 28.2 Å². The summed E-state index contributed by atoms with van der Waals surface area (Å²) >= 11 is 11.9. The highest BCUT2D eigenvalue weighted by Crippen LogP contribution is 2.39. The van der Waals surface area contributed by atoms with Crippen LogP contribution in [-0.2, 0) is 4.79 Å². The number of hydrogen-bond acceptors (Lipinski definition) is 3. The minimum Gasteiger partial charge on any atom is -0.491 e. The fourth-order valence-corrected chi connectivity index (χ4v) is 4.59. The summed E-state index contributed by atoms with van der Waals surface area (Å²) in [7, 11) is 0. The second-order valence-electron chi connectivity index (χ2n) is 6.95. The SMILES string of the molecule is NC1CC2CCCC(C1)C2NC(=O)CCOc1ccc(Cl)cc1Cl. The Balaban J connectivity index is 1.47. The van der Waals surface area contributed by atoms with E-state index in [1.54, 1.807) is 18.2 Å². The molecule has 24 heavy (non-hydrogen) atoms. The maximum Gasteiger partial charge on any atom is 0.223 e. The molecule has 3 rings (SSSR count). The van der Waals surface area contributed by atoms with Gasteiger partial charge in [-0.25, -0.2) is 0 Å².